The van der Waals surface area contributed by atoms with Crippen molar-refractivity contribution in [3.05, 3.63) is 40.6 Å². The number of hydrogen-bond acceptors (Lipinski definition) is 4. The van der Waals surface area contributed by atoms with E-state index in [2.05, 4.69) is 10.6 Å². The largest absolute Gasteiger partial charge is 0.494 e. The van der Waals surface area contributed by atoms with Gasteiger partial charge in [0, 0.05) is 18.2 Å². The Kier molecular flexibility index (Phi) is 5.76. The SMILES string of the molecule is COc1cc(NC(=O)CC(C)C)ccc1NC(=O)c1cccs1. The Balaban J connectivity index is 2.10. The van der Waals surface area contributed by atoms with Crippen LogP contribution in [0, 0.1) is 5.92 Å². The van der Waals surface area contributed by atoms with E-state index in [9.17, 15) is 9.59 Å². The van der Waals surface area contributed by atoms with Crippen molar-refractivity contribution in [1.29, 1.82) is 0 Å². The summed E-state index contributed by atoms with van der Waals surface area (Å²) in [5.74, 6) is 0.561. The quantitative estimate of drug-likeness (QED) is 0.840. The van der Waals surface area contributed by atoms with Gasteiger partial charge in [-0.2, -0.15) is 0 Å². The molecule has 2 amide bonds. The fourth-order valence-electron chi connectivity index (χ4n) is 2.05. The van der Waals surface area contributed by atoms with Gasteiger partial charge in [-0.05, 0) is 29.5 Å². The average Bonchev–Trinajstić information content (AvgIpc) is 3.02. The smallest absolute Gasteiger partial charge is 0.265 e. The highest BCUT2D eigenvalue weighted by Crippen LogP contribution is 2.29. The van der Waals surface area contributed by atoms with Crippen molar-refractivity contribution in [3.8, 4) is 5.75 Å². The number of rotatable bonds is 6. The predicted octanol–water partition coefficient (Wildman–Crippen LogP) is 3.99. The molecule has 0 saturated carbocycles. The van der Waals surface area contributed by atoms with E-state index >= 15 is 0 Å². The molecule has 1 aromatic carbocycles. The van der Waals surface area contributed by atoms with Crippen molar-refractivity contribution in [2.75, 3.05) is 17.7 Å². The van der Waals surface area contributed by atoms with E-state index in [1.165, 1.54) is 18.4 Å². The fraction of sp³-hybridized carbons (Fsp3) is 0.294. The minimum Gasteiger partial charge on any atom is -0.494 e. The summed E-state index contributed by atoms with van der Waals surface area (Å²) >= 11 is 1.37. The number of nitrogens with one attached hydrogen (secondary N) is 2. The van der Waals surface area contributed by atoms with E-state index in [1.807, 2.05) is 25.3 Å². The van der Waals surface area contributed by atoms with Gasteiger partial charge in [0.05, 0.1) is 17.7 Å². The number of ether oxygens (including phenoxy) is 1. The van der Waals surface area contributed by atoms with E-state index in [0.717, 1.165) is 0 Å². The molecule has 0 bridgehead atoms. The zero-order chi connectivity index (χ0) is 16.8. The number of carbonyl (C=O) groups is 2. The minimum atomic E-state index is -0.185. The van der Waals surface area contributed by atoms with Gasteiger partial charge in [-0.25, -0.2) is 0 Å². The summed E-state index contributed by atoms with van der Waals surface area (Å²) in [5, 5.41) is 7.48. The monoisotopic (exact) mass is 332 g/mol. The van der Waals surface area contributed by atoms with Crippen LogP contribution in [0.2, 0.25) is 0 Å². The lowest BCUT2D eigenvalue weighted by atomic mass is 10.1. The molecule has 2 N–H and O–H groups in total. The maximum absolute atomic E-state index is 12.1. The highest BCUT2D eigenvalue weighted by atomic mass is 32.1. The molecule has 5 nitrogen and oxygen atoms in total. The molecule has 6 heteroatoms. The first-order chi connectivity index (χ1) is 11.0. The molecule has 0 saturated heterocycles. The first-order valence-electron chi connectivity index (χ1n) is 7.32. The summed E-state index contributed by atoms with van der Waals surface area (Å²) in [6, 6.07) is 8.74. The Hall–Kier alpha value is -2.34. The molecule has 0 aliphatic carbocycles. The molecular formula is C17H20N2O3S. The van der Waals surface area contributed by atoms with E-state index in [4.69, 9.17) is 4.74 Å². The molecular weight excluding hydrogens is 312 g/mol. The summed E-state index contributed by atoms with van der Waals surface area (Å²) in [6.07, 6.45) is 0.458. The molecule has 2 rings (SSSR count). The number of anilines is 2. The molecule has 0 radical (unpaired) electrons. The summed E-state index contributed by atoms with van der Waals surface area (Å²) in [6.45, 7) is 3.98. The van der Waals surface area contributed by atoms with Gasteiger partial charge in [0.2, 0.25) is 5.91 Å². The van der Waals surface area contributed by atoms with Crippen LogP contribution in [-0.2, 0) is 4.79 Å². The lowest BCUT2D eigenvalue weighted by molar-refractivity contribution is -0.116. The van der Waals surface area contributed by atoms with Gasteiger partial charge in [0.25, 0.3) is 5.91 Å². The second-order valence-corrected chi connectivity index (χ2v) is 6.44. The number of hydrogen-bond donors (Lipinski definition) is 2. The van der Waals surface area contributed by atoms with Crippen molar-refractivity contribution in [2.24, 2.45) is 5.92 Å². The highest BCUT2D eigenvalue weighted by Gasteiger charge is 2.12. The lowest BCUT2D eigenvalue weighted by Gasteiger charge is -2.13. The Labute approximate surface area is 139 Å². The van der Waals surface area contributed by atoms with E-state index in [0.29, 0.717) is 34.3 Å². The van der Waals surface area contributed by atoms with Gasteiger partial charge < -0.3 is 15.4 Å². The van der Waals surface area contributed by atoms with Crippen LogP contribution in [-0.4, -0.2) is 18.9 Å². The van der Waals surface area contributed by atoms with Gasteiger partial charge in [-0.3, -0.25) is 9.59 Å². The van der Waals surface area contributed by atoms with Gasteiger partial charge in [-0.1, -0.05) is 19.9 Å². The van der Waals surface area contributed by atoms with Gasteiger partial charge >= 0.3 is 0 Å². The molecule has 2 aromatic rings. The number of thiophene rings is 1. The molecule has 0 fully saturated rings. The summed E-state index contributed by atoms with van der Waals surface area (Å²) < 4.78 is 5.30. The van der Waals surface area contributed by atoms with Crippen molar-refractivity contribution in [3.63, 3.8) is 0 Å². The van der Waals surface area contributed by atoms with Crippen molar-refractivity contribution >= 4 is 34.5 Å². The number of amides is 2. The lowest BCUT2D eigenvalue weighted by Crippen LogP contribution is -2.14. The average molecular weight is 332 g/mol. The molecule has 23 heavy (non-hydrogen) atoms. The van der Waals surface area contributed by atoms with Crippen molar-refractivity contribution in [2.45, 2.75) is 20.3 Å². The zero-order valence-corrected chi connectivity index (χ0v) is 14.2. The standard InChI is InChI=1S/C17H20N2O3S/c1-11(2)9-16(20)18-12-6-7-13(14(10-12)22-3)19-17(21)15-5-4-8-23-15/h4-8,10-11H,9H2,1-3H3,(H,18,20)(H,19,21). The third kappa shape index (κ3) is 4.82. The molecule has 0 unspecified atom stereocenters. The van der Waals surface area contributed by atoms with Crippen LogP contribution < -0.4 is 15.4 Å². The maximum atomic E-state index is 12.1. The first kappa shape index (κ1) is 17.0. The number of carbonyl (C=O) groups excluding carboxylic acids is 2. The van der Waals surface area contributed by atoms with Crippen LogP contribution in [0.4, 0.5) is 11.4 Å². The normalized spacial score (nSPS) is 10.4. The fourth-order valence-corrected chi connectivity index (χ4v) is 2.67. The van der Waals surface area contributed by atoms with E-state index in [-0.39, 0.29) is 11.8 Å². The topological polar surface area (TPSA) is 67.4 Å². The van der Waals surface area contributed by atoms with Crippen LogP contribution in [0.3, 0.4) is 0 Å². The van der Waals surface area contributed by atoms with E-state index in [1.54, 1.807) is 24.3 Å². The Bertz CT molecular complexity index is 681. The van der Waals surface area contributed by atoms with Crippen molar-refractivity contribution < 1.29 is 14.3 Å². The molecule has 0 atom stereocenters. The van der Waals surface area contributed by atoms with Gasteiger partial charge in [0.15, 0.2) is 0 Å². The third-order valence-electron chi connectivity index (χ3n) is 3.07. The molecule has 0 spiro atoms. The zero-order valence-electron chi connectivity index (χ0n) is 13.4. The number of benzene rings is 1. The molecule has 0 aliphatic rings. The second kappa shape index (κ2) is 7.78. The third-order valence-corrected chi connectivity index (χ3v) is 3.94. The van der Waals surface area contributed by atoms with Crippen LogP contribution in [0.15, 0.2) is 35.7 Å². The molecule has 1 aromatic heterocycles. The van der Waals surface area contributed by atoms with Crippen LogP contribution in [0.1, 0.15) is 29.9 Å². The number of methoxy groups -OCH3 is 1. The van der Waals surface area contributed by atoms with E-state index < -0.39 is 0 Å². The van der Waals surface area contributed by atoms with Gasteiger partial charge in [-0.15, -0.1) is 11.3 Å². The molecule has 0 aliphatic heterocycles. The summed E-state index contributed by atoms with van der Waals surface area (Å²) in [4.78, 5) is 24.5. The van der Waals surface area contributed by atoms with Crippen LogP contribution >= 0.6 is 11.3 Å². The molecule has 122 valence electrons. The highest BCUT2D eigenvalue weighted by molar-refractivity contribution is 7.12. The van der Waals surface area contributed by atoms with Crippen LogP contribution in [0.25, 0.3) is 0 Å². The predicted molar refractivity (Wildman–Crippen MR) is 93.4 cm³/mol. The van der Waals surface area contributed by atoms with Gasteiger partial charge in [0.1, 0.15) is 5.75 Å². The second-order valence-electron chi connectivity index (χ2n) is 5.49. The minimum absolute atomic E-state index is 0.0441. The first-order valence-corrected chi connectivity index (χ1v) is 8.20. The Morgan fingerprint density at radius 2 is 2.00 bits per heavy atom. The summed E-state index contributed by atoms with van der Waals surface area (Å²) in [7, 11) is 1.52. The van der Waals surface area contributed by atoms with Crippen molar-refractivity contribution in [1.82, 2.24) is 0 Å². The van der Waals surface area contributed by atoms with Crippen LogP contribution in [0.5, 0.6) is 5.75 Å². The Morgan fingerprint density at radius 1 is 1.22 bits per heavy atom. The Morgan fingerprint density at radius 3 is 2.61 bits per heavy atom. The maximum Gasteiger partial charge on any atom is 0.265 e. The summed E-state index contributed by atoms with van der Waals surface area (Å²) in [5.41, 5.74) is 1.20. The molecule has 1 heterocycles.